The van der Waals surface area contributed by atoms with E-state index in [1.807, 2.05) is 40.6 Å². The molecule has 0 radical (unpaired) electrons. The van der Waals surface area contributed by atoms with Crippen LogP contribution in [0.2, 0.25) is 5.02 Å². The Hall–Kier alpha value is -2.46. The summed E-state index contributed by atoms with van der Waals surface area (Å²) in [6.45, 7) is 2.67. The molecule has 2 heterocycles. The second kappa shape index (κ2) is 10.6. The Morgan fingerprint density at radius 3 is 2.48 bits per heavy atom. The van der Waals surface area contributed by atoms with Gasteiger partial charge in [0, 0.05) is 41.9 Å². The molecule has 3 aromatic rings. The second-order valence-electron chi connectivity index (χ2n) is 7.34. The maximum Gasteiger partial charge on any atom is 0.264 e. The molecule has 4 rings (SSSR count). The average molecular weight is 564 g/mol. The van der Waals surface area contributed by atoms with Crippen LogP contribution in [0.1, 0.15) is 20.0 Å². The molecule has 10 heteroatoms. The third kappa shape index (κ3) is 5.92. The van der Waals surface area contributed by atoms with Gasteiger partial charge in [-0.25, -0.2) is 0 Å². The van der Waals surface area contributed by atoms with Crippen LogP contribution in [0, 0.1) is 0 Å². The molecular weight excluding hydrogens is 544 g/mol. The first-order chi connectivity index (χ1) is 15.9. The predicted octanol–water partition coefficient (Wildman–Crippen LogP) is 5.25. The molecule has 1 aliphatic rings. The molecule has 33 heavy (non-hydrogen) atoms. The van der Waals surface area contributed by atoms with Gasteiger partial charge in [0.2, 0.25) is 0 Å². The third-order valence-electron chi connectivity index (χ3n) is 5.16. The molecule has 2 N–H and O–H groups in total. The lowest BCUT2D eigenvalue weighted by atomic mass is 10.2. The van der Waals surface area contributed by atoms with Crippen molar-refractivity contribution in [3.05, 3.63) is 79.9 Å². The number of thiocarbonyl (C=S) groups is 1. The molecule has 170 valence electrons. The molecule has 0 unspecified atom stereocenters. The zero-order valence-electron chi connectivity index (χ0n) is 17.4. The summed E-state index contributed by atoms with van der Waals surface area (Å²) in [5, 5.41) is 8.33. The van der Waals surface area contributed by atoms with Gasteiger partial charge < -0.3 is 15.1 Å². The van der Waals surface area contributed by atoms with Crippen LogP contribution in [0.15, 0.2) is 64.5 Å². The minimum absolute atomic E-state index is 0.0775. The molecule has 1 fully saturated rings. The van der Waals surface area contributed by atoms with Gasteiger partial charge in [-0.05, 0) is 60.1 Å². The summed E-state index contributed by atoms with van der Waals surface area (Å²) < 4.78 is 0.813. The Labute approximate surface area is 214 Å². The van der Waals surface area contributed by atoms with Gasteiger partial charge in [-0.2, -0.15) is 0 Å². The number of piperazine rings is 1. The van der Waals surface area contributed by atoms with Crippen molar-refractivity contribution >= 4 is 79.4 Å². The number of carbonyl (C=O) groups excluding carboxylic acids is 2. The van der Waals surface area contributed by atoms with Crippen LogP contribution in [0.5, 0.6) is 0 Å². The monoisotopic (exact) mass is 562 g/mol. The van der Waals surface area contributed by atoms with Crippen molar-refractivity contribution in [2.75, 3.05) is 36.4 Å². The largest absolute Gasteiger partial charge is 0.367 e. The van der Waals surface area contributed by atoms with Crippen LogP contribution >= 0.6 is 51.1 Å². The summed E-state index contributed by atoms with van der Waals surface area (Å²) >= 11 is 16.6. The Morgan fingerprint density at radius 2 is 1.82 bits per heavy atom. The molecule has 0 aliphatic carbocycles. The Kier molecular flexibility index (Phi) is 7.64. The zero-order chi connectivity index (χ0) is 23.4. The quantitative estimate of drug-likeness (QED) is 0.425. The topological polar surface area (TPSA) is 64.7 Å². The van der Waals surface area contributed by atoms with Crippen molar-refractivity contribution < 1.29 is 9.59 Å². The highest BCUT2D eigenvalue weighted by Crippen LogP contribution is 2.30. The van der Waals surface area contributed by atoms with Gasteiger partial charge in [-0.15, -0.1) is 11.3 Å². The van der Waals surface area contributed by atoms with Gasteiger partial charge in [-0.3, -0.25) is 14.9 Å². The fourth-order valence-electron chi connectivity index (χ4n) is 3.51. The van der Waals surface area contributed by atoms with E-state index in [2.05, 4.69) is 31.5 Å². The van der Waals surface area contributed by atoms with E-state index in [0.29, 0.717) is 42.5 Å². The molecule has 1 aromatic heterocycles. The number of hydrogen-bond acceptors (Lipinski definition) is 5. The summed E-state index contributed by atoms with van der Waals surface area (Å²) in [7, 11) is 0. The van der Waals surface area contributed by atoms with Crippen LogP contribution in [-0.4, -0.2) is 48.0 Å². The normalized spacial score (nSPS) is 13.5. The number of hydrogen-bond donors (Lipinski definition) is 2. The van der Waals surface area contributed by atoms with Crippen molar-refractivity contribution in [1.82, 2.24) is 10.2 Å². The number of rotatable bonds is 4. The zero-order valence-corrected chi connectivity index (χ0v) is 21.4. The third-order valence-corrected chi connectivity index (χ3v) is 7.02. The molecule has 0 spiro atoms. The number of halogens is 2. The van der Waals surface area contributed by atoms with E-state index in [4.69, 9.17) is 23.8 Å². The van der Waals surface area contributed by atoms with Gasteiger partial charge in [0.05, 0.1) is 15.6 Å². The predicted molar refractivity (Wildman–Crippen MR) is 142 cm³/mol. The van der Waals surface area contributed by atoms with Gasteiger partial charge in [0.25, 0.3) is 11.8 Å². The van der Waals surface area contributed by atoms with E-state index in [1.54, 1.807) is 24.3 Å². The van der Waals surface area contributed by atoms with Crippen molar-refractivity contribution in [3.8, 4) is 0 Å². The Bertz CT molecular complexity index is 1180. The first-order valence-electron chi connectivity index (χ1n) is 10.2. The Morgan fingerprint density at radius 1 is 1.03 bits per heavy atom. The number of nitrogens with zero attached hydrogens (tertiary/aromatic N) is 2. The molecule has 2 aromatic carbocycles. The summed E-state index contributed by atoms with van der Waals surface area (Å²) in [5.74, 6) is -0.222. The Balaban J connectivity index is 1.33. The molecule has 1 saturated heterocycles. The average Bonchev–Trinajstić information content (AvgIpc) is 3.34. The summed E-state index contributed by atoms with van der Waals surface area (Å²) in [4.78, 5) is 29.7. The first-order valence-corrected chi connectivity index (χ1v) is 12.6. The summed E-state index contributed by atoms with van der Waals surface area (Å²) in [6, 6.07) is 16.4. The van der Waals surface area contributed by atoms with E-state index >= 15 is 0 Å². The van der Waals surface area contributed by atoms with Gasteiger partial charge >= 0.3 is 0 Å². The van der Waals surface area contributed by atoms with E-state index in [1.165, 1.54) is 11.3 Å². The van der Waals surface area contributed by atoms with Gasteiger partial charge in [0.15, 0.2) is 5.11 Å². The SMILES string of the molecule is O=C(NC(=S)Nc1ccc(N2CCN(C(=O)c3cccs3)CC2)c(Cl)c1)c1cccc(Br)c1. The van der Waals surface area contributed by atoms with Crippen LogP contribution < -0.4 is 15.5 Å². The summed E-state index contributed by atoms with van der Waals surface area (Å²) in [6.07, 6.45) is 0. The van der Waals surface area contributed by atoms with E-state index in [-0.39, 0.29) is 16.9 Å². The van der Waals surface area contributed by atoms with E-state index in [9.17, 15) is 9.59 Å². The minimum Gasteiger partial charge on any atom is -0.367 e. The minimum atomic E-state index is -0.300. The van der Waals surface area contributed by atoms with Gasteiger partial charge in [-0.1, -0.05) is 39.7 Å². The highest BCUT2D eigenvalue weighted by atomic mass is 79.9. The maximum atomic E-state index is 12.5. The van der Waals surface area contributed by atoms with Crippen molar-refractivity contribution in [2.24, 2.45) is 0 Å². The number of anilines is 2. The molecule has 0 atom stereocenters. The number of carbonyl (C=O) groups is 2. The number of thiophene rings is 1. The molecule has 6 nitrogen and oxygen atoms in total. The van der Waals surface area contributed by atoms with Crippen LogP contribution in [-0.2, 0) is 0 Å². The van der Waals surface area contributed by atoms with Crippen LogP contribution in [0.3, 0.4) is 0 Å². The first kappa shape index (κ1) is 23.7. The summed E-state index contributed by atoms with van der Waals surface area (Å²) in [5.41, 5.74) is 2.07. The fourth-order valence-corrected chi connectivity index (χ4v) is 5.12. The molecule has 0 saturated carbocycles. The number of nitrogens with one attached hydrogen (secondary N) is 2. The van der Waals surface area contributed by atoms with Gasteiger partial charge in [0.1, 0.15) is 0 Å². The van der Waals surface area contributed by atoms with Crippen molar-refractivity contribution in [3.63, 3.8) is 0 Å². The lowest BCUT2D eigenvalue weighted by Crippen LogP contribution is -2.48. The smallest absolute Gasteiger partial charge is 0.264 e. The standard InChI is InChI=1S/C23H20BrClN4O2S2/c24-16-4-1-3-15(13-16)21(30)27-23(32)26-17-6-7-19(18(25)14-17)28-8-10-29(11-9-28)22(31)20-5-2-12-33-20/h1-7,12-14H,8-11H2,(H2,26,27,30,32). The maximum absolute atomic E-state index is 12.5. The lowest BCUT2D eigenvalue weighted by Gasteiger charge is -2.36. The van der Waals surface area contributed by atoms with Crippen LogP contribution in [0.25, 0.3) is 0 Å². The molecule has 2 amide bonds. The van der Waals surface area contributed by atoms with Crippen LogP contribution in [0.4, 0.5) is 11.4 Å². The number of benzene rings is 2. The second-order valence-corrected chi connectivity index (χ2v) is 10.0. The fraction of sp³-hybridized carbons (Fsp3) is 0.174. The molecular formula is C23H20BrClN4O2S2. The number of amides is 2. The van der Waals surface area contributed by atoms with Crippen molar-refractivity contribution in [1.29, 1.82) is 0 Å². The van der Waals surface area contributed by atoms with E-state index in [0.717, 1.165) is 15.0 Å². The molecule has 1 aliphatic heterocycles. The van der Waals surface area contributed by atoms with Crippen molar-refractivity contribution in [2.45, 2.75) is 0 Å². The highest BCUT2D eigenvalue weighted by molar-refractivity contribution is 9.10. The highest BCUT2D eigenvalue weighted by Gasteiger charge is 2.24. The van der Waals surface area contributed by atoms with E-state index < -0.39 is 0 Å². The molecule has 0 bridgehead atoms. The lowest BCUT2D eigenvalue weighted by molar-refractivity contribution is 0.0751.